The molecule has 1 heterocycles. The molecular formula is C13H8INO. The van der Waals surface area contributed by atoms with Crippen molar-refractivity contribution in [3.8, 4) is 0 Å². The number of aromatic nitrogens is 1. The van der Waals surface area contributed by atoms with Crippen molar-refractivity contribution >= 4 is 44.3 Å². The maximum Gasteiger partial charge on any atom is 0.256 e. The maximum atomic E-state index is 11.9. The van der Waals surface area contributed by atoms with E-state index in [1.165, 1.54) is 0 Å². The van der Waals surface area contributed by atoms with Crippen LogP contribution in [-0.2, 0) is 0 Å². The first-order valence-corrected chi connectivity index (χ1v) is 6.04. The Morgan fingerprint density at radius 1 is 0.875 bits per heavy atom. The molecular weight excluding hydrogens is 313 g/mol. The topological polar surface area (TPSA) is 32.9 Å². The molecule has 0 aliphatic rings. The fourth-order valence-corrected chi connectivity index (χ4v) is 2.61. The number of fused-ring (bicyclic) bond motifs is 3. The predicted octanol–water partition coefficient (Wildman–Crippen LogP) is 3.29. The molecule has 1 N–H and O–H groups in total. The zero-order valence-electron chi connectivity index (χ0n) is 8.33. The molecule has 3 heteroatoms. The second-order valence-electron chi connectivity index (χ2n) is 3.66. The average Bonchev–Trinajstić information content (AvgIpc) is 2.31. The van der Waals surface area contributed by atoms with Crippen molar-refractivity contribution in [1.82, 2.24) is 4.98 Å². The molecule has 0 aliphatic carbocycles. The number of para-hydroxylation sites is 1. The fraction of sp³-hybridized carbons (Fsp3) is 0. The van der Waals surface area contributed by atoms with E-state index in [4.69, 9.17) is 0 Å². The standard InChI is InChI=1S/C13H8INO/c14-11-7-3-6-9-8-4-1-2-5-10(8)13(16)15-12(9)11/h1-7H,(H,15,16). The molecule has 0 saturated carbocycles. The molecule has 16 heavy (non-hydrogen) atoms. The minimum Gasteiger partial charge on any atom is -0.320 e. The molecule has 0 fully saturated rings. The monoisotopic (exact) mass is 321 g/mol. The van der Waals surface area contributed by atoms with Gasteiger partial charge in [0.1, 0.15) is 0 Å². The number of H-pyrrole nitrogens is 1. The molecule has 0 unspecified atom stereocenters. The molecule has 0 amide bonds. The lowest BCUT2D eigenvalue weighted by molar-refractivity contribution is 1.34. The van der Waals surface area contributed by atoms with Crippen LogP contribution in [0.1, 0.15) is 0 Å². The normalized spacial score (nSPS) is 11.1. The Kier molecular flexibility index (Phi) is 2.21. The minimum absolute atomic E-state index is 0.0211. The van der Waals surface area contributed by atoms with Crippen molar-refractivity contribution in [2.45, 2.75) is 0 Å². The summed E-state index contributed by atoms with van der Waals surface area (Å²) in [6.45, 7) is 0. The van der Waals surface area contributed by atoms with E-state index in [-0.39, 0.29) is 5.56 Å². The molecule has 0 aliphatic heterocycles. The van der Waals surface area contributed by atoms with Gasteiger partial charge < -0.3 is 4.98 Å². The Labute approximate surface area is 105 Å². The predicted molar refractivity (Wildman–Crippen MR) is 74.8 cm³/mol. The van der Waals surface area contributed by atoms with E-state index in [1.807, 2.05) is 42.5 Å². The number of pyridine rings is 1. The summed E-state index contributed by atoms with van der Waals surface area (Å²) in [7, 11) is 0. The highest BCUT2D eigenvalue weighted by atomic mass is 127. The van der Waals surface area contributed by atoms with Crippen LogP contribution in [0, 0.1) is 3.57 Å². The molecule has 0 atom stereocenters. The van der Waals surface area contributed by atoms with Gasteiger partial charge in [-0.2, -0.15) is 0 Å². The summed E-state index contributed by atoms with van der Waals surface area (Å²) in [5, 5.41) is 2.86. The third-order valence-electron chi connectivity index (χ3n) is 2.71. The molecule has 1 aromatic heterocycles. The Morgan fingerprint density at radius 2 is 1.56 bits per heavy atom. The van der Waals surface area contributed by atoms with Crippen molar-refractivity contribution < 1.29 is 0 Å². The number of nitrogens with one attached hydrogen (secondary N) is 1. The molecule has 0 spiro atoms. The van der Waals surface area contributed by atoms with Crippen molar-refractivity contribution in [3.05, 3.63) is 56.4 Å². The van der Waals surface area contributed by atoms with Crippen molar-refractivity contribution in [2.24, 2.45) is 0 Å². The number of benzene rings is 2. The first-order valence-electron chi connectivity index (χ1n) is 4.96. The lowest BCUT2D eigenvalue weighted by Gasteiger charge is -2.04. The number of hydrogen-bond acceptors (Lipinski definition) is 1. The van der Waals surface area contributed by atoms with E-state index in [1.54, 1.807) is 0 Å². The quantitative estimate of drug-likeness (QED) is 0.500. The van der Waals surface area contributed by atoms with Crippen LogP contribution >= 0.6 is 22.6 Å². The first kappa shape index (κ1) is 9.84. The van der Waals surface area contributed by atoms with Crippen LogP contribution in [0.2, 0.25) is 0 Å². The highest BCUT2D eigenvalue weighted by molar-refractivity contribution is 14.1. The number of rotatable bonds is 0. The molecule has 78 valence electrons. The summed E-state index contributed by atoms with van der Waals surface area (Å²) < 4.78 is 1.07. The van der Waals surface area contributed by atoms with Crippen LogP contribution in [-0.4, -0.2) is 4.98 Å². The maximum absolute atomic E-state index is 11.9. The minimum atomic E-state index is -0.0211. The number of aromatic amines is 1. The zero-order valence-corrected chi connectivity index (χ0v) is 10.5. The fourth-order valence-electron chi connectivity index (χ4n) is 1.97. The van der Waals surface area contributed by atoms with E-state index in [9.17, 15) is 4.79 Å². The SMILES string of the molecule is O=c1[nH]c2c(I)cccc2c2ccccc12. The van der Waals surface area contributed by atoms with E-state index < -0.39 is 0 Å². The van der Waals surface area contributed by atoms with Crippen molar-refractivity contribution in [3.63, 3.8) is 0 Å². The third kappa shape index (κ3) is 1.35. The second kappa shape index (κ2) is 3.59. The molecule has 3 rings (SSSR count). The van der Waals surface area contributed by atoms with Gasteiger partial charge in [-0.15, -0.1) is 0 Å². The Bertz CT molecular complexity index is 746. The van der Waals surface area contributed by atoms with Crippen LogP contribution < -0.4 is 5.56 Å². The van der Waals surface area contributed by atoms with Crippen molar-refractivity contribution in [1.29, 1.82) is 0 Å². The molecule has 0 saturated heterocycles. The van der Waals surface area contributed by atoms with Gasteiger partial charge in [0.05, 0.1) is 5.52 Å². The number of halogens is 1. The van der Waals surface area contributed by atoms with Crippen LogP contribution in [0.4, 0.5) is 0 Å². The van der Waals surface area contributed by atoms with Gasteiger partial charge in [-0.05, 0) is 40.1 Å². The van der Waals surface area contributed by atoms with Crippen LogP contribution in [0.25, 0.3) is 21.7 Å². The summed E-state index contributed by atoms with van der Waals surface area (Å²) in [6.07, 6.45) is 0. The molecule has 0 bridgehead atoms. The largest absolute Gasteiger partial charge is 0.320 e. The Balaban J connectivity index is 2.70. The summed E-state index contributed by atoms with van der Waals surface area (Å²) in [5.41, 5.74) is 0.902. The highest BCUT2D eigenvalue weighted by Gasteiger charge is 2.05. The van der Waals surface area contributed by atoms with E-state index >= 15 is 0 Å². The van der Waals surface area contributed by atoms with Gasteiger partial charge in [-0.1, -0.05) is 30.3 Å². The van der Waals surface area contributed by atoms with Gasteiger partial charge in [-0.3, -0.25) is 4.79 Å². The van der Waals surface area contributed by atoms with Gasteiger partial charge >= 0.3 is 0 Å². The zero-order chi connectivity index (χ0) is 11.1. The molecule has 2 nitrogen and oxygen atoms in total. The summed E-state index contributed by atoms with van der Waals surface area (Å²) in [4.78, 5) is 14.8. The summed E-state index contributed by atoms with van der Waals surface area (Å²) in [5.74, 6) is 0. The van der Waals surface area contributed by atoms with Gasteiger partial charge in [0.2, 0.25) is 0 Å². The van der Waals surface area contributed by atoms with E-state index in [0.717, 1.165) is 25.2 Å². The van der Waals surface area contributed by atoms with E-state index in [0.29, 0.717) is 0 Å². The van der Waals surface area contributed by atoms with Crippen LogP contribution in [0.5, 0.6) is 0 Å². The molecule has 3 aromatic rings. The lowest BCUT2D eigenvalue weighted by atomic mass is 10.1. The first-order chi connectivity index (χ1) is 7.77. The highest BCUT2D eigenvalue weighted by Crippen LogP contribution is 2.23. The van der Waals surface area contributed by atoms with Gasteiger partial charge in [-0.25, -0.2) is 0 Å². The van der Waals surface area contributed by atoms with Crippen LogP contribution in [0.3, 0.4) is 0 Å². The van der Waals surface area contributed by atoms with Gasteiger partial charge in [0, 0.05) is 14.3 Å². The van der Waals surface area contributed by atoms with E-state index in [2.05, 4.69) is 27.6 Å². The Hall–Kier alpha value is -1.36. The lowest BCUT2D eigenvalue weighted by Crippen LogP contribution is -2.06. The summed E-state index contributed by atoms with van der Waals surface area (Å²) in [6, 6.07) is 13.7. The second-order valence-corrected chi connectivity index (χ2v) is 4.82. The third-order valence-corrected chi connectivity index (χ3v) is 3.61. The van der Waals surface area contributed by atoms with Gasteiger partial charge in [0.15, 0.2) is 0 Å². The number of hydrogen-bond donors (Lipinski definition) is 1. The van der Waals surface area contributed by atoms with Crippen LogP contribution in [0.15, 0.2) is 47.3 Å². The smallest absolute Gasteiger partial charge is 0.256 e. The molecule has 2 aromatic carbocycles. The van der Waals surface area contributed by atoms with Gasteiger partial charge in [0.25, 0.3) is 5.56 Å². The molecule has 0 radical (unpaired) electrons. The van der Waals surface area contributed by atoms with Crippen molar-refractivity contribution in [2.75, 3.05) is 0 Å². The average molecular weight is 321 g/mol. The Morgan fingerprint density at radius 3 is 2.38 bits per heavy atom. The summed E-state index contributed by atoms with van der Waals surface area (Å²) >= 11 is 2.24.